The molecule has 2 aromatic carbocycles. The summed E-state index contributed by atoms with van der Waals surface area (Å²) in [4.78, 5) is 12.8. The number of hydrogen-bond donors (Lipinski definition) is 0. The summed E-state index contributed by atoms with van der Waals surface area (Å²) < 4.78 is 3.23. The number of Topliss-reactive ketones (excluding diaryl/α,β-unsaturated/α-hetero) is 1. The van der Waals surface area contributed by atoms with Crippen molar-refractivity contribution in [2.75, 3.05) is 0 Å². The van der Waals surface area contributed by atoms with E-state index in [9.17, 15) is 4.79 Å². The lowest BCUT2D eigenvalue weighted by atomic mass is 10.0. The molecule has 0 bridgehead atoms. The van der Waals surface area contributed by atoms with Gasteiger partial charge < -0.3 is 0 Å². The van der Waals surface area contributed by atoms with Crippen molar-refractivity contribution in [1.29, 1.82) is 0 Å². The highest BCUT2D eigenvalue weighted by atomic mass is 32.2. The molecule has 3 nitrogen and oxygen atoms in total. The van der Waals surface area contributed by atoms with Gasteiger partial charge in [-0.05, 0) is 56.8 Å². The Labute approximate surface area is 160 Å². The van der Waals surface area contributed by atoms with Gasteiger partial charge in [-0.2, -0.15) is 0 Å². The third-order valence-electron chi connectivity index (χ3n) is 3.84. The van der Waals surface area contributed by atoms with Crippen LogP contribution >= 0.6 is 35.3 Å². The van der Waals surface area contributed by atoms with Crippen molar-refractivity contribution >= 4 is 41.1 Å². The summed E-state index contributed by atoms with van der Waals surface area (Å²) in [6.45, 7) is 5.89. The first-order valence-electron chi connectivity index (χ1n) is 7.89. The number of para-hydroxylation sites is 1. The lowest BCUT2D eigenvalue weighted by Gasteiger charge is -2.11. The molecule has 0 aliphatic rings. The predicted octanol–water partition coefficient (Wildman–Crippen LogP) is 5.64. The number of hydrogen-bond acceptors (Lipinski definition) is 5. The van der Waals surface area contributed by atoms with E-state index in [1.54, 1.807) is 4.68 Å². The molecule has 1 heterocycles. The molecule has 25 heavy (non-hydrogen) atoms. The van der Waals surface area contributed by atoms with Gasteiger partial charge >= 0.3 is 0 Å². The zero-order chi connectivity index (χ0) is 18.0. The maximum atomic E-state index is 12.8. The summed E-state index contributed by atoms with van der Waals surface area (Å²) in [6.07, 6.45) is 0. The van der Waals surface area contributed by atoms with Crippen LogP contribution in [0.1, 0.15) is 28.4 Å². The highest BCUT2D eigenvalue weighted by Gasteiger charge is 2.20. The number of benzene rings is 2. The molecular formula is C19H18N2OS3. The third-order valence-corrected chi connectivity index (χ3v) is 6.25. The highest BCUT2D eigenvalue weighted by Crippen LogP contribution is 2.30. The van der Waals surface area contributed by atoms with Gasteiger partial charge in [0.2, 0.25) is 0 Å². The fourth-order valence-corrected chi connectivity index (χ4v) is 5.04. The van der Waals surface area contributed by atoms with Crippen LogP contribution in [0.25, 0.3) is 5.69 Å². The molecule has 3 rings (SSSR count). The first-order valence-corrected chi connectivity index (χ1v) is 10.00. The predicted molar refractivity (Wildman–Crippen MR) is 108 cm³/mol. The number of ketones is 1. The Hall–Kier alpha value is -1.76. The van der Waals surface area contributed by atoms with Gasteiger partial charge in [0.05, 0.1) is 10.9 Å². The van der Waals surface area contributed by atoms with Gasteiger partial charge in [0.1, 0.15) is 0 Å². The van der Waals surface area contributed by atoms with Gasteiger partial charge in [-0.3, -0.25) is 4.79 Å². The highest BCUT2D eigenvalue weighted by molar-refractivity contribution is 8.02. The van der Waals surface area contributed by atoms with Gasteiger partial charge in [0.15, 0.2) is 14.1 Å². The molecule has 128 valence electrons. The Morgan fingerprint density at radius 1 is 1.20 bits per heavy atom. The van der Waals surface area contributed by atoms with E-state index in [4.69, 9.17) is 12.2 Å². The molecule has 1 aromatic heterocycles. The smallest absolute Gasteiger partial charge is 0.184 e. The summed E-state index contributed by atoms with van der Waals surface area (Å²) in [5.74, 6) is 0.124. The molecule has 0 amide bonds. The van der Waals surface area contributed by atoms with E-state index in [0.717, 1.165) is 26.7 Å². The number of nitrogens with zero attached hydrogens (tertiary/aromatic N) is 2. The van der Waals surface area contributed by atoms with Crippen LogP contribution in [0.4, 0.5) is 0 Å². The van der Waals surface area contributed by atoms with Crippen LogP contribution in [0.2, 0.25) is 0 Å². The first kappa shape index (κ1) is 18.0. The Bertz CT molecular complexity index is 960. The Morgan fingerprint density at radius 3 is 2.64 bits per heavy atom. The van der Waals surface area contributed by atoms with Crippen molar-refractivity contribution in [1.82, 2.24) is 9.78 Å². The van der Waals surface area contributed by atoms with E-state index in [1.807, 2.05) is 69.3 Å². The Morgan fingerprint density at radius 2 is 1.92 bits per heavy atom. The molecule has 0 saturated carbocycles. The van der Waals surface area contributed by atoms with E-state index >= 15 is 0 Å². The summed E-state index contributed by atoms with van der Waals surface area (Å²) in [7, 11) is 0. The van der Waals surface area contributed by atoms with Crippen LogP contribution in [0.5, 0.6) is 0 Å². The minimum Gasteiger partial charge on any atom is -0.293 e. The van der Waals surface area contributed by atoms with E-state index < -0.39 is 0 Å². The van der Waals surface area contributed by atoms with Crippen molar-refractivity contribution < 1.29 is 4.79 Å². The van der Waals surface area contributed by atoms with Crippen molar-refractivity contribution in [3.8, 4) is 5.69 Å². The topological polar surface area (TPSA) is 34.9 Å². The number of thioether (sulfide) groups is 1. The molecule has 0 spiro atoms. The number of aromatic nitrogens is 2. The average molecular weight is 387 g/mol. The fraction of sp³-hybridized carbons (Fsp3) is 0.211. The minimum atomic E-state index is -0.217. The molecule has 0 unspecified atom stereocenters. The molecule has 0 saturated heterocycles. The normalized spacial score (nSPS) is 12.1. The van der Waals surface area contributed by atoms with Crippen LogP contribution in [-0.4, -0.2) is 20.8 Å². The second kappa shape index (κ2) is 7.64. The van der Waals surface area contributed by atoms with Crippen LogP contribution in [-0.2, 0) is 0 Å². The SMILES string of the molecule is Cc1ccc(C)c(C(=O)[C@H](C)Sc2nn(-c3ccccc3)c(=S)s2)c1. The van der Waals surface area contributed by atoms with Gasteiger partial charge in [-0.1, -0.05) is 59.0 Å². The molecule has 0 aliphatic carbocycles. The first-order chi connectivity index (χ1) is 12.0. The second-order valence-corrected chi connectivity index (χ2v) is 9.03. The fourth-order valence-electron chi connectivity index (χ4n) is 2.47. The second-order valence-electron chi connectivity index (χ2n) is 5.82. The van der Waals surface area contributed by atoms with E-state index in [0.29, 0.717) is 3.95 Å². The molecule has 3 aromatic rings. The lowest BCUT2D eigenvalue weighted by Crippen LogP contribution is -2.15. The largest absolute Gasteiger partial charge is 0.293 e. The van der Waals surface area contributed by atoms with Crippen LogP contribution in [0, 0.1) is 17.8 Å². The van der Waals surface area contributed by atoms with Gasteiger partial charge in [0.25, 0.3) is 0 Å². The molecule has 0 radical (unpaired) electrons. The van der Waals surface area contributed by atoms with Gasteiger partial charge in [-0.25, -0.2) is 4.68 Å². The van der Waals surface area contributed by atoms with Crippen molar-refractivity contribution in [2.24, 2.45) is 0 Å². The monoisotopic (exact) mass is 386 g/mol. The Balaban J connectivity index is 1.82. The van der Waals surface area contributed by atoms with Crippen molar-refractivity contribution in [3.05, 3.63) is 69.2 Å². The quantitative estimate of drug-likeness (QED) is 0.323. The Kier molecular flexibility index (Phi) is 5.51. The molecule has 0 aliphatic heterocycles. The minimum absolute atomic E-state index is 0.124. The van der Waals surface area contributed by atoms with Crippen LogP contribution in [0.3, 0.4) is 0 Å². The van der Waals surface area contributed by atoms with Crippen LogP contribution in [0.15, 0.2) is 52.9 Å². The summed E-state index contributed by atoms with van der Waals surface area (Å²) in [5.41, 5.74) is 3.82. The summed E-state index contributed by atoms with van der Waals surface area (Å²) in [6, 6.07) is 15.8. The maximum Gasteiger partial charge on any atom is 0.184 e. The molecule has 0 fully saturated rings. The molecule has 1 atom stereocenters. The zero-order valence-electron chi connectivity index (χ0n) is 14.2. The summed E-state index contributed by atoms with van der Waals surface area (Å²) in [5, 5.41) is 4.36. The average Bonchev–Trinajstić information content (AvgIpc) is 2.97. The number of aryl methyl sites for hydroxylation is 2. The molecule has 0 N–H and O–H groups in total. The van der Waals surface area contributed by atoms with Gasteiger partial charge in [-0.15, -0.1) is 5.10 Å². The zero-order valence-corrected chi connectivity index (χ0v) is 16.7. The van der Waals surface area contributed by atoms with E-state index in [-0.39, 0.29) is 11.0 Å². The lowest BCUT2D eigenvalue weighted by molar-refractivity contribution is 0.0993. The van der Waals surface area contributed by atoms with E-state index in [2.05, 4.69) is 5.10 Å². The standard InChI is InChI=1S/C19H18N2OS3/c1-12-9-10-13(2)16(11-12)17(22)14(3)24-18-20-21(19(23)25-18)15-7-5-4-6-8-15/h4-11,14H,1-3H3/t14-/m0/s1. The van der Waals surface area contributed by atoms with Crippen LogP contribution < -0.4 is 0 Å². The van der Waals surface area contributed by atoms with Gasteiger partial charge in [0, 0.05) is 5.56 Å². The van der Waals surface area contributed by atoms with Crippen molar-refractivity contribution in [2.45, 2.75) is 30.4 Å². The maximum absolute atomic E-state index is 12.8. The van der Waals surface area contributed by atoms with E-state index in [1.165, 1.54) is 23.1 Å². The molecular weight excluding hydrogens is 368 g/mol. The molecule has 6 heteroatoms. The third kappa shape index (κ3) is 4.08. The van der Waals surface area contributed by atoms with Crippen molar-refractivity contribution in [3.63, 3.8) is 0 Å². The summed E-state index contributed by atoms with van der Waals surface area (Å²) >= 11 is 8.32. The number of rotatable bonds is 5. The number of carbonyl (C=O) groups is 1. The number of carbonyl (C=O) groups excluding carboxylic acids is 1.